The molecule has 6 aromatic rings. The van der Waals surface area contributed by atoms with Crippen LogP contribution in [0.15, 0.2) is 122 Å². The fourth-order valence-corrected chi connectivity index (χ4v) is 6.77. The second kappa shape index (κ2) is 8.29. The number of anilines is 3. The molecular formula is C36H20N4O2. The normalized spacial score (nSPS) is 14.2. The van der Waals surface area contributed by atoms with Crippen molar-refractivity contribution in [1.29, 1.82) is 5.26 Å². The van der Waals surface area contributed by atoms with Crippen molar-refractivity contribution in [3.63, 3.8) is 0 Å². The molecule has 6 nitrogen and oxygen atoms in total. The molecule has 2 aliphatic heterocycles. The van der Waals surface area contributed by atoms with Gasteiger partial charge in [-0.1, -0.05) is 54.6 Å². The summed E-state index contributed by atoms with van der Waals surface area (Å²) in [5.74, 6) is 2.96. The lowest BCUT2D eigenvalue weighted by Gasteiger charge is -2.39. The number of para-hydroxylation sites is 4. The smallest absolute Gasteiger partial charge is 0.152 e. The Hall–Kier alpha value is -5.93. The van der Waals surface area contributed by atoms with E-state index in [1.165, 1.54) is 0 Å². The molecule has 4 heterocycles. The van der Waals surface area contributed by atoms with Crippen molar-refractivity contribution in [3.8, 4) is 40.5 Å². The number of nitrogens with zero attached hydrogens (tertiary/aromatic N) is 4. The van der Waals surface area contributed by atoms with E-state index in [2.05, 4.69) is 47.4 Å². The van der Waals surface area contributed by atoms with Crippen LogP contribution in [0.5, 0.6) is 23.0 Å². The van der Waals surface area contributed by atoms with Gasteiger partial charge in [0.25, 0.3) is 0 Å². The van der Waals surface area contributed by atoms with Gasteiger partial charge in [0.05, 0.1) is 51.7 Å². The first-order valence-electron chi connectivity index (χ1n) is 13.7. The molecule has 0 atom stereocenters. The van der Waals surface area contributed by atoms with Crippen LogP contribution in [-0.4, -0.2) is 9.97 Å². The Morgan fingerprint density at radius 3 is 2.02 bits per heavy atom. The van der Waals surface area contributed by atoms with Crippen molar-refractivity contribution in [3.05, 3.63) is 149 Å². The van der Waals surface area contributed by atoms with E-state index >= 15 is 0 Å². The summed E-state index contributed by atoms with van der Waals surface area (Å²) in [4.78, 5) is 12.1. The first kappa shape index (κ1) is 22.8. The van der Waals surface area contributed by atoms with E-state index in [9.17, 15) is 5.26 Å². The van der Waals surface area contributed by atoms with E-state index in [1.807, 2.05) is 79.1 Å². The van der Waals surface area contributed by atoms with Crippen LogP contribution in [0, 0.1) is 11.3 Å². The Bertz CT molecular complexity index is 2100. The molecule has 3 aliphatic rings. The summed E-state index contributed by atoms with van der Waals surface area (Å²) in [6.07, 6.45) is 3.73. The zero-order valence-corrected chi connectivity index (χ0v) is 22.2. The third-order valence-corrected chi connectivity index (χ3v) is 8.43. The molecule has 42 heavy (non-hydrogen) atoms. The van der Waals surface area contributed by atoms with Crippen LogP contribution in [0.3, 0.4) is 0 Å². The van der Waals surface area contributed by atoms with Crippen LogP contribution in [-0.2, 0) is 5.41 Å². The molecule has 6 heteroatoms. The topological polar surface area (TPSA) is 71.3 Å². The first-order chi connectivity index (χ1) is 20.8. The third kappa shape index (κ3) is 2.86. The van der Waals surface area contributed by atoms with E-state index in [4.69, 9.17) is 19.4 Å². The fraction of sp³-hybridized carbons (Fsp3) is 0.0278. The molecule has 9 rings (SSSR count). The van der Waals surface area contributed by atoms with Crippen LogP contribution < -0.4 is 14.4 Å². The van der Waals surface area contributed by atoms with Crippen molar-refractivity contribution in [2.75, 3.05) is 4.90 Å². The minimum atomic E-state index is -0.674. The summed E-state index contributed by atoms with van der Waals surface area (Å²) in [5.41, 5.74) is 8.41. The van der Waals surface area contributed by atoms with Gasteiger partial charge in [-0.25, -0.2) is 0 Å². The van der Waals surface area contributed by atoms with Gasteiger partial charge in [0.1, 0.15) is 11.5 Å². The predicted molar refractivity (Wildman–Crippen MR) is 159 cm³/mol. The number of ether oxygens (including phenoxy) is 2. The predicted octanol–water partition coefficient (Wildman–Crippen LogP) is 8.39. The number of fused-ring (bicyclic) bond motifs is 11. The maximum atomic E-state index is 9.56. The van der Waals surface area contributed by atoms with Crippen molar-refractivity contribution in [2.24, 2.45) is 0 Å². The van der Waals surface area contributed by atoms with Crippen LogP contribution in [0.4, 0.5) is 17.1 Å². The molecule has 1 spiro atoms. The zero-order valence-electron chi connectivity index (χ0n) is 22.2. The average Bonchev–Trinajstić information content (AvgIpc) is 3.33. The van der Waals surface area contributed by atoms with Crippen LogP contribution in [0.2, 0.25) is 0 Å². The Labute approximate surface area is 241 Å². The Balaban J connectivity index is 1.36. The van der Waals surface area contributed by atoms with Crippen LogP contribution in [0.1, 0.15) is 27.8 Å². The highest BCUT2D eigenvalue weighted by Gasteiger charge is 2.52. The minimum Gasteiger partial charge on any atom is -0.457 e. The van der Waals surface area contributed by atoms with Crippen LogP contribution >= 0.6 is 0 Å². The molecule has 0 radical (unpaired) electrons. The lowest BCUT2D eigenvalue weighted by atomic mass is 9.66. The lowest BCUT2D eigenvalue weighted by molar-refractivity contribution is 0.436. The van der Waals surface area contributed by atoms with E-state index in [1.54, 1.807) is 6.07 Å². The largest absolute Gasteiger partial charge is 0.457 e. The van der Waals surface area contributed by atoms with Gasteiger partial charge in [0.15, 0.2) is 11.5 Å². The number of hydrogen-bond donors (Lipinski definition) is 0. The first-order valence-corrected chi connectivity index (χ1v) is 13.7. The van der Waals surface area contributed by atoms with Crippen LogP contribution in [0.25, 0.3) is 11.4 Å². The van der Waals surface area contributed by atoms with Crippen molar-refractivity contribution < 1.29 is 9.47 Å². The highest BCUT2D eigenvalue weighted by molar-refractivity contribution is 5.90. The summed E-state index contributed by atoms with van der Waals surface area (Å²) in [6.45, 7) is 0. The Kier molecular flexibility index (Phi) is 4.51. The second-order valence-electron chi connectivity index (χ2n) is 10.5. The molecule has 0 N–H and O–H groups in total. The number of nitriles is 1. The SMILES string of the molecule is N#Cc1ccc2c(c1)Oc1ccccc1N2c1cnc2c(c1)C1(c3ccccc3Oc3ccccc31)c1cccnc1-2. The summed E-state index contributed by atoms with van der Waals surface area (Å²) in [6, 6.07) is 38.5. The maximum Gasteiger partial charge on any atom is 0.152 e. The molecule has 0 saturated heterocycles. The Morgan fingerprint density at radius 2 is 1.24 bits per heavy atom. The summed E-state index contributed by atoms with van der Waals surface area (Å²) in [7, 11) is 0. The number of aromatic nitrogens is 2. The standard InChI is InChI=1S/C36H20N4O2/c37-20-22-15-16-29-33(18-22)42-32-14-6-3-11-28(32)40(29)23-19-27-35(39-21-23)34-26(10-7-17-38-34)36(27)24-8-1-4-12-30(24)41-31-13-5-2-9-25(31)36/h1-19,21H. The molecule has 0 saturated carbocycles. The average molecular weight is 541 g/mol. The van der Waals surface area contributed by atoms with Crippen molar-refractivity contribution in [2.45, 2.75) is 5.41 Å². The molecule has 0 bridgehead atoms. The van der Waals surface area contributed by atoms with Gasteiger partial charge in [-0.05, 0) is 54.1 Å². The zero-order chi connectivity index (χ0) is 27.8. The summed E-state index contributed by atoms with van der Waals surface area (Å²) < 4.78 is 12.7. The molecule has 0 amide bonds. The molecule has 0 unspecified atom stereocenters. The number of rotatable bonds is 1. The number of pyridine rings is 2. The van der Waals surface area contributed by atoms with Crippen molar-refractivity contribution in [1.82, 2.24) is 9.97 Å². The maximum absolute atomic E-state index is 9.56. The molecular weight excluding hydrogens is 520 g/mol. The van der Waals surface area contributed by atoms with Crippen molar-refractivity contribution >= 4 is 17.1 Å². The highest BCUT2D eigenvalue weighted by atomic mass is 16.5. The summed E-state index contributed by atoms with van der Waals surface area (Å²) in [5, 5.41) is 9.56. The fourth-order valence-electron chi connectivity index (χ4n) is 6.77. The van der Waals surface area contributed by atoms with E-state index in [0.717, 1.165) is 62.2 Å². The van der Waals surface area contributed by atoms with Gasteiger partial charge in [-0.15, -0.1) is 0 Å². The molecule has 196 valence electrons. The molecule has 0 fully saturated rings. The van der Waals surface area contributed by atoms with Gasteiger partial charge in [0, 0.05) is 29.0 Å². The molecule has 4 aromatic carbocycles. The number of hydrogen-bond acceptors (Lipinski definition) is 6. The quantitative estimate of drug-likeness (QED) is 0.208. The Morgan fingerprint density at radius 1 is 0.595 bits per heavy atom. The van der Waals surface area contributed by atoms with Gasteiger partial charge in [-0.3, -0.25) is 9.97 Å². The highest BCUT2D eigenvalue weighted by Crippen LogP contribution is 2.62. The van der Waals surface area contributed by atoms with E-state index < -0.39 is 5.41 Å². The third-order valence-electron chi connectivity index (χ3n) is 8.43. The number of benzene rings is 4. The molecule has 2 aromatic heterocycles. The van der Waals surface area contributed by atoms with E-state index in [-0.39, 0.29) is 0 Å². The van der Waals surface area contributed by atoms with Gasteiger partial charge in [-0.2, -0.15) is 5.26 Å². The second-order valence-corrected chi connectivity index (χ2v) is 10.5. The molecule has 1 aliphatic carbocycles. The van der Waals surface area contributed by atoms with Gasteiger partial charge >= 0.3 is 0 Å². The van der Waals surface area contributed by atoms with Gasteiger partial charge < -0.3 is 14.4 Å². The summed E-state index contributed by atoms with van der Waals surface area (Å²) >= 11 is 0. The lowest BCUT2D eigenvalue weighted by Crippen LogP contribution is -2.32. The monoisotopic (exact) mass is 540 g/mol. The minimum absolute atomic E-state index is 0.538. The van der Waals surface area contributed by atoms with E-state index in [0.29, 0.717) is 17.1 Å². The van der Waals surface area contributed by atoms with Gasteiger partial charge in [0.2, 0.25) is 0 Å².